The highest BCUT2D eigenvalue weighted by molar-refractivity contribution is 7.92. The van der Waals surface area contributed by atoms with Crippen LogP contribution >= 0.6 is 0 Å². The lowest BCUT2D eigenvalue weighted by Crippen LogP contribution is -2.23. The first-order valence-corrected chi connectivity index (χ1v) is 8.87. The molecule has 0 heterocycles. The minimum atomic E-state index is -2.81. The molecular weight excluding hydrogens is 248 g/mol. The zero-order valence-electron chi connectivity index (χ0n) is 11.0. The van der Waals surface area contributed by atoms with Gasteiger partial charge in [0.2, 0.25) is 0 Å². The second-order valence-electron chi connectivity index (χ2n) is 4.01. The van der Waals surface area contributed by atoms with Crippen LogP contribution in [-0.4, -0.2) is 38.8 Å². The molecule has 16 heavy (non-hydrogen) atoms. The van der Waals surface area contributed by atoms with Crippen LogP contribution in [0.1, 0.15) is 41.5 Å². The van der Waals surface area contributed by atoms with E-state index in [4.69, 9.17) is 0 Å². The van der Waals surface area contributed by atoms with Crippen LogP contribution in [0.4, 0.5) is 0 Å². The van der Waals surface area contributed by atoms with Crippen molar-refractivity contribution in [3.8, 4) is 0 Å². The molecule has 0 unspecified atom stereocenters. The lowest BCUT2D eigenvalue weighted by Gasteiger charge is -2.09. The Bertz CT molecular complexity index is 340. The number of hydrogen-bond donors (Lipinski definition) is 0. The molecule has 0 saturated heterocycles. The van der Waals surface area contributed by atoms with Crippen LogP contribution in [0.5, 0.6) is 0 Å². The summed E-state index contributed by atoms with van der Waals surface area (Å²) >= 11 is 0. The first kappa shape index (κ1) is 18.3. The number of hydrogen-bond acceptors (Lipinski definition) is 4. The van der Waals surface area contributed by atoms with Crippen LogP contribution in [-0.2, 0) is 19.7 Å². The van der Waals surface area contributed by atoms with E-state index >= 15 is 0 Å². The van der Waals surface area contributed by atoms with E-state index < -0.39 is 19.7 Å². The highest BCUT2D eigenvalue weighted by Gasteiger charge is 2.19. The van der Waals surface area contributed by atoms with Gasteiger partial charge >= 0.3 is 0 Å². The molecule has 0 spiro atoms. The topological polar surface area (TPSA) is 68.3 Å². The summed E-state index contributed by atoms with van der Waals surface area (Å²) in [4.78, 5) is 0. The third kappa shape index (κ3) is 7.22. The maximum atomic E-state index is 11.0. The van der Waals surface area contributed by atoms with Crippen LogP contribution in [0.15, 0.2) is 0 Å². The zero-order chi connectivity index (χ0) is 13.6. The lowest BCUT2D eigenvalue weighted by atomic mass is 10.5. The Balaban J connectivity index is 0. The average molecular weight is 272 g/mol. The summed E-state index contributed by atoms with van der Waals surface area (Å²) in [5.41, 5.74) is 0. The van der Waals surface area contributed by atoms with Gasteiger partial charge < -0.3 is 0 Å². The Kier molecular flexibility index (Phi) is 8.30. The standard InChI is InChI=1S/C6H14O2S.C4H10O2S/c1-5(2)9(7,8)6(3)4;1-3-7(5,6)4-2/h5-6H,1-4H3;3-4H2,1-2H3. The molecule has 0 fully saturated rings. The molecule has 100 valence electrons. The molecular formula is C10H24O4S2. The fraction of sp³-hybridized carbons (Fsp3) is 1.00. The van der Waals surface area contributed by atoms with Crippen molar-refractivity contribution in [2.24, 2.45) is 0 Å². The number of rotatable bonds is 4. The zero-order valence-corrected chi connectivity index (χ0v) is 12.7. The van der Waals surface area contributed by atoms with E-state index in [1.165, 1.54) is 0 Å². The third-order valence-corrected chi connectivity index (χ3v) is 6.58. The highest BCUT2D eigenvalue weighted by atomic mass is 32.2. The Labute approximate surface area is 100 Å². The largest absolute Gasteiger partial charge is 0.229 e. The van der Waals surface area contributed by atoms with Crippen molar-refractivity contribution in [1.29, 1.82) is 0 Å². The summed E-state index contributed by atoms with van der Waals surface area (Å²) in [5, 5.41) is -0.477. The van der Waals surface area contributed by atoms with Gasteiger partial charge in [-0.3, -0.25) is 0 Å². The predicted molar refractivity (Wildman–Crippen MR) is 69.2 cm³/mol. The van der Waals surface area contributed by atoms with Crippen molar-refractivity contribution in [3.05, 3.63) is 0 Å². The van der Waals surface area contributed by atoms with Crippen molar-refractivity contribution in [2.45, 2.75) is 52.0 Å². The Hall–Kier alpha value is -0.100. The molecule has 6 heteroatoms. The second kappa shape index (κ2) is 7.27. The first-order valence-electron chi connectivity index (χ1n) is 5.44. The summed E-state index contributed by atoms with van der Waals surface area (Å²) in [6, 6.07) is 0. The molecule has 0 aromatic rings. The van der Waals surface area contributed by atoms with Gasteiger partial charge in [0, 0.05) is 11.5 Å². The van der Waals surface area contributed by atoms with Gasteiger partial charge in [0.1, 0.15) is 9.84 Å². The molecule has 0 amide bonds. The Morgan fingerprint density at radius 1 is 0.750 bits per heavy atom. The van der Waals surface area contributed by atoms with E-state index in [9.17, 15) is 16.8 Å². The first-order chi connectivity index (χ1) is 7.01. The van der Waals surface area contributed by atoms with Crippen molar-refractivity contribution < 1.29 is 16.8 Å². The third-order valence-electron chi connectivity index (χ3n) is 2.19. The molecule has 0 saturated carbocycles. The van der Waals surface area contributed by atoms with Crippen LogP contribution in [0.2, 0.25) is 0 Å². The molecule has 0 bridgehead atoms. The van der Waals surface area contributed by atoms with Gasteiger partial charge in [0.05, 0.1) is 10.5 Å². The summed E-state index contributed by atoms with van der Waals surface area (Å²) in [5.74, 6) is 0.535. The molecule has 0 aliphatic rings. The molecule has 0 atom stereocenters. The highest BCUT2D eigenvalue weighted by Crippen LogP contribution is 2.06. The van der Waals surface area contributed by atoms with Crippen LogP contribution in [0.25, 0.3) is 0 Å². The molecule has 0 N–H and O–H groups in total. The van der Waals surface area contributed by atoms with E-state index in [2.05, 4.69) is 0 Å². The van der Waals surface area contributed by atoms with Crippen molar-refractivity contribution in [1.82, 2.24) is 0 Å². The van der Waals surface area contributed by atoms with Gasteiger partial charge in [-0.25, -0.2) is 16.8 Å². The van der Waals surface area contributed by atoms with Gasteiger partial charge in [0.15, 0.2) is 9.84 Å². The van der Waals surface area contributed by atoms with E-state index in [0.29, 0.717) is 0 Å². The Morgan fingerprint density at radius 3 is 1.00 bits per heavy atom. The molecule has 0 aromatic carbocycles. The minimum Gasteiger partial charge on any atom is -0.229 e. The maximum Gasteiger partial charge on any atom is 0.154 e. The van der Waals surface area contributed by atoms with Crippen molar-refractivity contribution >= 4 is 19.7 Å². The molecule has 0 aliphatic heterocycles. The molecule has 0 radical (unpaired) electrons. The SMILES string of the molecule is CC(C)S(=O)(=O)C(C)C.CCS(=O)(=O)CC. The van der Waals surface area contributed by atoms with E-state index in [1.807, 2.05) is 0 Å². The summed E-state index contributed by atoms with van der Waals surface area (Å²) in [6.07, 6.45) is 0. The summed E-state index contributed by atoms with van der Waals surface area (Å²) in [6.45, 7) is 10.1. The normalized spacial score (nSPS) is 12.5. The molecule has 0 aliphatic carbocycles. The van der Waals surface area contributed by atoms with Crippen LogP contribution < -0.4 is 0 Å². The summed E-state index contributed by atoms with van der Waals surface area (Å²) < 4.78 is 42.8. The Morgan fingerprint density at radius 2 is 1.00 bits per heavy atom. The quantitative estimate of drug-likeness (QED) is 0.780. The fourth-order valence-electron chi connectivity index (χ4n) is 0.748. The van der Waals surface area contributed by atoms with Crippen LogP contribution in [0.3, 0.4) is 0 Å². The van der Waals surface area contributed by atoms with E-state index in [1.54, 1.807) is 41.5 Å². The smallest absolute Gasteiger partial charge is 0.154 e. The van der Waals surface area contributed by atoms with E-state index in [-0.39, 0.29) is 22.0 Å². The van der Waals surface area contributed by atoms with Gasteiger partial charge in [-0.05, 0) is 27.7 Å². The van der Waals surface area contributed by atoms with Crippen molar-refractivity contribution in [2.75, 3.05) is 11.5 Å². The second-order valence-corrected chi connectivity index (χ2v) is 9.71. The minimum absolute atomic E-state index is 0.238. The molecule has 4 nitrogen and oxygen atoms in total. The van der Waals surface area contributed by atoms with Crippen LogP contribution in [0, 0.1) is 0 Å². The van der Waals surface area contributed by atoms with Gasteiger partial charge in [-0.15, -0.1) is 0 Å². The average Bonchev–Trinajstić information content (AvgIpc) is 2.18. The molecule has 0 rings (SSSR count). The molecule has 0 aromatic heterocycles. The predicted octanol–water partition coefficient (Wildman–Crippen LogP) is 1.66. The van der Waals surface area contributed by atoms with Gasteiger partial charge in [-0.1, -0.05) is 13.8 Å². The van der Waals surface area contributed by atoms with Gasteiger partial charge in [0.25, 0.3) is 0 Å². The maximum absolute atomic E-state index is 11.0. The lowest BCUT2D eigenvalue weighted by molar-refractivity contribution is 0.578. The fourth-order valence-corrected chi connectivity index (χ4v) is 2.25. The summed E-state index contributed by atoms with van der Waals surface area (Å²) in [7, 11) is -5.47. The van der Waals surface area contributed by atoms with Gasteiger partial charge in [-0.2, -0.15) is 0 Å². The monoisotopic (exact) mass is 272 g/mol. The van der Waals surface area contributed by atoms with E-state index in [0.717, 1.165) is 0 Å². The number of sulfone groups is 2. The van der Waals surface area contributed by atoms with Crippen molar-refractivity contribution in [3.63, 3.8) is 0 Å².